The Bertz CT molecular complexity index is 4270. The number of pyridine rings is 2. The summed E-state index contributed by atoms with van der Waals surface area (Å²) in [4.78, 5) is 122. The molecule has 2 aromatic carbocycles. The number of hydrogen-bond donors (Lipinski definition) is 6. The molecule has 6 heterocycles. The van der Waals surface area contributed by atoms with Crippen molar-refractivity contribution in [1.82, 2.24) is 45.8 Å². The van der Waals surface area contributed by atoms with Crippen LogP contribution >= 0.6 is 23.2 Å². The molecule has 0 bridgehead atoms. The van der Waals surface area contributed by atoms with Gasteiger partial charge in [-0.25, -0.2) is 34.2 Å². The minimum absolute atomic E-state index is 0.0243. The third-order valence-electron chi connectivity index (χ3n) is 20.1. The summed E-state index contributed by atoms with van der Waals surface area (Å²) in [6.45, 7) is 14.8. The Morgan fingerprint density at radius 2 is 0.973 bits per heavy atom. The van der Waals surface area contributed by atoms with Crippen molar-refractivity contribution in [3.63, 3.8) is 0 Å². The van der Waals surface area contributed by atoms with Gasteiger partial charge in [0.1, 0.15) is 70.2 Å². The zero-order valence-electron chi connectivity index (χ0n) is 63.8. The van der Waals surface area contributed by atoms with E-state index in [1.807, 2.05) is 24.6 Å². The molecule has 0 unspecified atom stereocenters. The number of benzene rings is 2. The van der Waals surface area contributed by atoms with E-state index in [2.05, 4.69) is 40.6 Å². The van der Waals surface area contributed by atoms with Crippen LogP contribution in [0.4, 0.5) is 9.59 Å². The molecule has 4 aliphatic heterocycles. The average molecular weight is 1620 g/mol. The molecule has 7 N–H and O–H groups in total. The highest BCUT2D eigenvalue weighted by Crippen LogP contribution is 2.50. The Kier molecular flexibility index (Phi) is 27.6. The molecule has 8 aliphatic rings. The molecule has 4 aromatic rings. The largest absolute Gasteiger partial charge is 0.488 e. The first-order valence-corrected chi connectivity index (χ1v) is 41.7. The number of amides is 7. The van der Waals surface area contributed by atoms with Crippen molar-refractivity contribution in [2.24, 2.45) is 17.0 Å². The van der Waals surface area contributed by atoms with E-state index in [1.165, 1.54) is 16.9 Å². The van der Waals surface area contributed by atoms with Crippen LogP contribution in [0.1, 0.15) is 197 Å². The molecule has 12 rings (SSSR count). The molecular formula is C75H104Cl2N10O21S2. The van der Waals surface area contributed by atoms with Crippen LogP contribution in [-0.2, 0) is 72.0 Å². The van der Waals surface area contributed by atoms with Gasteiger partial charge in [-0.1, -0.05) is 99.5 Å². The maximum Gasteiger partial charge on any atom is 0.408 e. The minimum Gasteiger partial charge on any atom is -0.488 e. The number of nitrogens with two attached hydrogens (primary N) is 1. The molecule has 10 atom stereocenters. The van der Waals surface area contributed by atoms with Gasteiger partial charge in [0.2, 0.25) is 35.4 Å². The van der Waals surface area contributed by atoms with E-state index in [0.717, 1.165) is 70.6 Å². The Hall–Kier alpha value is -7.82. The van der Waals surface area contributed by atoms with Crippen LogP contribution in [0.3, 0.4) is 0 Å². The number of nitrogens with one attached hydrogen (secondary N) is 5. The van der Waals surface area contributed by atoms with Gasteiger partial charge in [0, 0.05) is 35.7 Å². The van der Waals surface area contributed by atoms with E-state index >= 15 is 0 Å². The van der Waals surface area contributed by atoms with E-state index in [4.69, 9.17) is 60.5 Å². The topological polar surface area (TPSA) is 406 Å². The summed E-state index contributed by atoms with van der Waals surface area (Å²) >= 11 is 13.0. The number of fused-ring (bicyclic) bond motifs is 6. The van der Waals surface area contributed by atoms with Gasteiger partial charge in [0.25, 0.3) is 5.91 Å². The van der Waals surface area contributed by atoms with Crippen LogP contribution in [0.15, 0.2) is 48.5 Å². The molecule has 4 aliphatic carbocycles. The predicted molar refractivity (Wildman–Crippen MR) is 404 cm³/mol. The fraction of sp³-hybridized carbons (Fsp3) is 0.653. The molecule has 31 nitrogen and oxygen atoms in total. The maximum absolute atomic E-state index is 14.5. The fourth-order valence-corrected chi connectivity index (χ4v) is 16.4. The van der Waals surface area contributed by atoms with E-state index in [1.54, 1.807) is 84.0 Å². The van der Waals surface area contributed by atoms with Crippen LogP contribution in [-0.4, -0.2) is 189 Å². The summed E-state index contributed by atoms with van der Waals surface area (Å²) in [6.07, 6.45) is 10.6. The Labute approximate surface area is 652 Å². The Balaban J connectivity index is 0.000000213. The number of alkyl carbamates (subject to hydrolysis) is 2. The van der Waals surface area contributed by atoms with Gasteiger partial charge in [0.05, 0.1) is 66.7 Å². The highest BCUT2D eigenvalue weighted by Gasteiger charge is 2.64. The van der Waals surface area contributed by atoms with Gasteiger partial charge < -0.3 is 64.2 Å². The number of rotatable bonds is 17. The number of nitrogens with zero attached hydrogens (tertiary/aromatic N) is 4. The van der Waals surface area contributed by atoms with Crippen LogP contribution in [0.25, 0.3) is 21.8 Å². The van der Waals surface area contributed by atoms with Crippen LogP contribution in [0.5, 0.6) is 23.3 Å². The first kappa shape index (κ1) is 84.6. The fourth-order valence-electron chi connectivity index (χ4n) is 14.4. The third-order valence-corrected chi connectivity index (χ3v) is 22.2. The smallest absolute Gasteiger partial charge is 0.408 e. The number of methoxy groups -OCH3 is 1. The minimum atomic E-state index is -4.40. The standard InChI is InChI=1S/C37H50ClN5O10S.C35H47ClN4O8.C3H7NO3S/c1-5-50-30-19-29(25-13-11-14-26(38)31(25)40-30)51-24-18-28-32(44)41-37(34(46)42-54(48,49)53-23-16-17-23)20-22(37)12-9-7-6-8-10-15-27(33(45)43(28)21-24)39-35(47)52-36(2,3)4;1-6-46-28-18-27(23-14-12-15-24(36)29(23)38-28)47-22-17-26-30(41)39-35(32(43)45-5)19-21(35)13-10-8-7-9-11-16-25(31(42)40(26)20-22)37-33(44)48-34(2,3)4;4-8(5,6)7-3-1-2-3/h11,13-14,19,22-24,27-28H,5-10,12,15-18,20-21H2,1-4H3,(H,39,47)(H,41,44)(H,42,46);12,14-15,18,21-22,25-26H,6-11,13,16-17,19-20H2,1-5H3,(H,37,44)(H,39,41);3H,1-2H2,(H2,4,5,6)/t22-,24-,27+,28+,37-;21-,22-,25+,26+,35-;/m11./s1. The highest BCUT2D eigenvalue weighted by molar-refractivity contribution is 7.85. The predicted octanol–water partition coefficient (Wildman–Crippen LogP) is 9.38. The second kappa shape index (κ2) is 35.9. The number of carbonyl (C=O) groups excluding carboxylic acids is 8. The Morgan fingerprint density at radius 1 is 0.573 bits per heavy atom. The van der Waals surface area contributed by atoms with Crippen molar-refractivity contribution in [2.45, 2.75) is 268 Å². The molecule has 7 amide bonds. The van der Waals surface area contributed by atoms with Gasteiger partial charge in [-0.05, 0) is 156 Å². The van der Waals surface area contributed by atoms with Crippen molar-refractivity contribution < 1.29 is 96.7 Å². The van der Waals surface area contributed by atoms with Gasteiger partial charge in [-0.3, -0.25) is 32.3 Å². The number of esters is 1. The second-order valence-electron chi connectivity index (χ2n) is 31.3. The van der Waals surface area contributed by atoms with Crippen molar-refractivity contribution >= 4 is 113 Å². The van der Waals surface area contributed by atoms with Gasteiger partial charge in [0.15, 0.2) is 0 Å². The van der Waals surface area contributed by atoms with Crippen molar-refractivity contribution in [3.05, 3.63) is 58.6 Å². The number of hydrogen-bond acceptors (Lipinski definition) is 23. The summed E-state index contributed by atoms with van der Waals surface area (Å²) < 4.78 is 97.5. The van der Waals surface area contributed by atoms with E-state index in [-0.39, 0.29) is 56.2 Å². The van der Waals surface area contributed by atoms with E-state index < -0.39 is 133 Å². The van der Waals surface area contributed by atoms with Crippen LogP contribution in [0.2, 0.25) is 10.0 Å². The maximum atomic E-state index is 14.5. The molecule has 2 aromatic heterocycles. The highest BCUT2D eigenvalue weighted by atomic mass is 35.5. The molecule has 4 saturated carbocycles. The molecule has 0 radical (unpaired) electrons. The van der Waals surface area contributed by atoms with Gasteiger partial charge in [-0.2, -0.15) is 16.8 Å². The molecular weight excluding hydrogens is 1510 g/mol. The third kappa shape index (κ3) is 23.0. The van der Waals surface area contributed by atoms with E-state index in [9.17, 15) is 55.2 Å². The lowest BCUT2D eigenvalue weighted by Gasteiger charge is -2.30. The first-order chi connectivity index (χ1) is 52.0. The summed E-state index contributed by atoms with van der Waals surface area (Å²) in [5, 5.41) is 18.0. The lowest BCUT2D eigenvalue weighted by Crippen LogP contribution is -2.58. The molecule has 8 fully saturated rings. The lowest BCUT2D eigenvalue weighted by atomic mass is 10.0. The summed E-state index contributed by atoms with van der Waals surface area (Å²) in [7, 11) is -6.75. The number of ether oxygens (including phenoxy) is 7. The van der Waals surface area contributed by atoms with Crippen molar-refractivity contribution in [1.29, 1.82) is 0 Å². The number of aromatic nitrogens is 2. The number of para-hydroxylation sites is 2. The zero-order valence-corrected chi connectivity index (χ0v) is 66.9. The van der Waals surface area contributed by atoms with Gasteiger partial charge in [-0.15, -0.1) is 0 Å². The number of carbonyl (C=O) groups is 8. The number of halogens is 2. The monoisotopic (exact) mass is 1610 g/mol. The molecule has 0 spiro atoms. The molecule has 35 heteroatoms. The molecule has 110 heavy (non-hydrogen) atoms. The SMILES string of the molecule is CCOc1cc(O[C@@H]2C[C@H]3C(=O)N[C@]4(C(=O)NS(=O)(=O)OC5CC5)C[C@H]4CCCCCCC[C@H](NC(=O)OC(C)(C)C)C(=O)N3C2)c2cccc(Cl)c2n1.CCOc1cc(O[C@@H]2C[C@H]3C(=O)N[C@]4(C(=O)OC)C[C@H]4CCCCCCC[C@H](NC(=O)OC(C)(C)C)C(=O)N3C2)c2cccc(Cl)c2n1.NS(=O)(=O)OC1CC1. The summed E-state index contributed by atoms with van der Waals surface area (Å²) in [5.74, 6) is -2.30. The van der Waals surface area contributed by atoms with E-state index in [0.29, 0.717) is 114 Å². The summed E-state index contributed by atoms with van der Waals surface area (Å²) in [6, 6.07) is 9.87. The summed E-state index contributed by atoms with van der Waals surface area (Å²) in [5.41, 5.74) is -3.26. The van der Waals surface area contributed by atoms with Crippen molar-refractivity contribution in [2.75, 3.05) is 33.4 Å². The zero-order chi connectivity index (χ0) is 79.7. The normalized spacial score (nSPS) is 26.3. The average Bonchev–Trinajstić information content (AvgIpc) is 1.58. The lowest BCUT2D eigenvalue weighted by molar-refractivity contribution is -0.148. The quantitative estimate of drug-likeness (QED) is 0.0423. The first-order valence-electron chi connectivity index (χ1n) is 38.1. The molecule has 606 valence electrons. The molecule has 4 saturated heterocycles. The Morgan fingerprint density at radius 3 is 1.37 bits per heavy atom. The van der Waals surface area contributed by atoms with Crippen molar-refractivity contribution in [3.8, 4) is 23.3 Å². The second-order valence-corrected chi connectivity index (χ2v) is 34.6. The van der Waals surface area contributed by atoms with Gasteiger partial charge >= 0.3 is 38.8 Å². The van der Waals surface area contributed by atoms with Crippen LogP contribution < -0.4 is 50.1 Å². The van der Waals surface area contributed by atoms with Crippen LogP contribution in [0, 0.1) is 11.8 Å².